The Labute approximate surface area is 341 Å². The Morgan fingerprint density at radius 1 is 0.542 bits per heavy atom. The molecule has 0 aromatic carbocycles. The van der Waals surface area contributed by atoms with Crippen LogP contribution < -0.4 is 0 Å². The molecule has 22 unspecified atom stereocenters. The van der Waals surface area contributed by atoms with Gasteiger partial charge in [0.15, 0.2) is 18.7 Å². The largest absolute Gasteiger partial charge is 0.394 e. The van der Waals surface area contributed by atoms with Crippen LogP contribution in [0.5, 0.6) is 0 Å². The summed E-state index contributed by atoms with van der Waals surface area (Å²) in [4.78, 5) is 11.8. The number of hydrogen-bond donors (Lipinski definition) is 11. The fraction of sp³-hybridized carbons (Fsp3) is 0.944. The van der Waals surface area contributed by atoms with Crippen molar-refractivity contribution >= 4 is 0 Å². The summed E-state index contributed by atoms with van der Waals surface area (Å²) in [5.74, 6) is 0. The van der Waals surface area contributed by atoms with E-state index in [-0.39, 0.29) is 0 Å². The number of hydrogen-bond acceptors (Lipinski definition) is 23. The molecule has 0 amide bonds. The summed E-state index contributed by atoms with van der Waals surface area (Å²) in [5, 5.41) is 144. The first-order chi connectivity index (χ1) is 27.8. The quantitative estimate of drug-likeness (QED) is 0.0917. The number of rotatable bonds is 5. The second-order valence-corrected chi connectivity index (χ2v) is 15.2. The minimum Gasteiger partial charge on any atom is -0.394 e. The van der Waals surface area contributed by atoms with Gasteiger partial charge in [-0.1, -0.05) is 27.7 Å². The van der Waals surface area contributed by atoms with Crippen LogP contribution in [0.4, 0.5) is 0 Å². The van der Waals surface area contributed by atoms with Crippen molar-refractivity contribution in [3.8, 4) is 12.1 Å². The summed E-state index contributed by atoms with van der Waals surface area (Å²) in [6, 6.07) is 1.17. The van der Waals surface area contributed by atoms with Gasteiger partial charge in [0.2, 0.25) is 6.04 Å². The predicted octanol–water partition coefficient (Wildman–Crippen LogP) is -4.45. The van der Waals surface area contributed by atoms with Crippen molar-refractivity contribution in [3.05, 3.63) is 4.91 Å². The zero-order valence-electron chi connectivity index (χ0n) is 34.1. The molecular formula is C36H61N3O20. The Morgan fingerprint density at radius 3 is 1.24 bits per heavy atom. The third-order valence-corrected chi connectivity index (χ3v) is 10.7. The molecule has 11 saturated heterocycles. The van der Waals surface area contributed by atoms with Gasteiger partial charge >= 0.3 is 0 Å². The first kappa shape index (κ1) is 51.2. The van der Waals surface area contributed by atoms with Crippen LogP contribution in [0, 0.1) is 27.6 Å². The Kier molecular flexibility index (Phi) is 18.4. The Morgan fingerprint density at radius 2 is 0.898 bits per heavy atom. The van der Waals surface area contributed by atoms with Crippen LogP contribution in [0.2, 0.25) is 0 Å². The topological polar surface area (TPSA) is 373 Å². The van der Waals surface area contributed by atoms with Crippen LogP contribution in [0.1, 0.15) is 55.4 Å². The summed E-state index contributed by atoms with van der Waals surface area (Å²) in [7, 11) is 0. The lowest BCUT2D eigenvalue weighted by Crippen LogP contribution is -2.71. The van der Waals surface area contributed by atoms with E-state index in [9.17, 15) is 71.6 Å². The predicted molar refractivity (Wildman–Crippen MR) is 194 cm³/mol. The zero-order valence-corrected chi connectivity index (χ0v) is 34.1. The Balaban J connectivity index is 0.00000225. The van der Waals surface area contributed by atoms with Gasteiger partial charge in [-0.15, -0.1) is 4.91 Å². The molecule has 23 heteroatoms. The van der Waals surface area contributed by atoms with Crippen molar-refractivity contribution in [1.82, 2.24) is 0 Å². The first-order valence-electron chi connectivity index (χ1n) is 19.5. The fourth-order valence-corrected chi connectivity index (χ4v) is 7.77. The van der Waals surface area contributed by atoms with E-state index >= 15 is 0 Å². The summed E-state index contributed by atoms with van der Waals surface area (Å²) in [6.07, 6.45) is -39.5. The van der Waals surface area contributed by atoms with Crippen LogP contribution >= 0.6 is 0 Å². The van der Waals surface area contributed by atoms with Gasteiger partial charge in [0.05, 0.1) is 36.6 Å². The highest BCUT2D eigenvalue weighted by Gasteiger charge is 2.60. The molecule has 0 aromatic heterocycles. The number of nitriles is 2. The van der Waals surface area contributed by atoms with Crippen LogP contribution in [-0.2, 0) is 37.9 Å². The van der Waals surface area contributed by atoms with Gasteiger partial charge in [0.1, 0.15) is 110 Å². The number of nitrogens with zero attached hydrogens (tertiary/aromatic N) is 3. The van der Waals surface area contributed by atoms with E-state index < -0.39 is 159 Å². The van der Waals surface area contributed by atoms with Gasteiger partial charge in [0.25, 0.3) is 0 Å². The molecule has 11 heterocycles. The van der Waals surface area contributed by atoms with Crippen LogP contribution in [0.15, 0.2) is 5.18 Å². The highest BCUT2D eigenvalue weighted by atomic mass is 16.7. The molecule has 11 aliphatic rings. The molecule has 23 nitrogen and oxygen atoms in total. The van der Waals surface area contributed by atoms with Gasteiger partial charge in [-0.2, -0.15) is 10.5 Å². The van der Waals surface area contributed by atoms with Crippen molar-refractivity contribution in [3.63, 3.8) is 0 Å². The lowest BCUT2D eigenvalue weighted by atomic mass is 9.85. The molecule has 59 heavy (non-hydrogen) atoms. The second kappa shape index (κ2) is 21.3. The highest BCUT2D eigenvalue weighted by molar-refractivity contribution is 5.09. The molecule has 11 aliphatic heterocycles. The lowest BCUT2D eigenvalue weighted by molar-refractivity contribution is -0.381. The maximum atomic E-state index is 11.8. The van der Waals surface area contributed by atoms with Crippen molar-refractivity contribution in [2.24, 2.45) is 5.18 Å². The van der Waals surface area contributed by atoms with E-state index in [4.69, 9.17) is 37.9 Å². The van der Waals surface area contributed by atoms with E-state index in [2.05, 4.69) is 5.18 Å². The molecule has 0 radical (unpaired) electrons. The van der Waals surface area contributed by atoms with E-state index in [1.54, 1.807) is 6.07 Å². The van der Waals surface area contributed by atoms with Gasteiger partial charge in [0, 0.05) is 0 Å². The molecule has 0 aliphatic carbocycles. The lowest BCUT2D eigenvalue weighted by Gasteiger charge is -2.53. The van der Waals surface area contributed by atoms with Crippen molar-refractivity contribution in [2.45, 2.75) is 201 Å². The minimum absolute atomic E-state index is 0.913. The van der Waals surface area contributed by atoms with Crippen LogP contribution in [0.25, 0.3) is 0 Å². The van der Waals surface area contributed by atoms with E-state index in [0.29, 0.717) is 0 Å². The summed E-state index contributed by atoms with van der Waals surface area (Å²) >= 11 is 0. The monoisotopic (exact) mass is 855 g/mol. The minimum atomic E-state index is -2.10. The summed E-state index contributed by atoms with van der Waals surface area (Å²) in [6.45, 7) is 11.3. The number of aliphatic hydroxyl groups is 11. The van der Waals surface area contributed by atoms with Gasteiger partial charge < -0.3 is 94.1 Å². The fourth-order valence-electron chi connectivity index (χ4n) is 7.77. The van der Waals surface area contributed by atoms with Gasteiger partial charge in [-0.3, -0.25) is 0 Å². The Bertz CT molecular complexity index is 1410. The molecular weight excluding hydrogens is 794 g/mol. The average Bonchev–Trinajstić information content (AvgIpc) is 3.22. The van der Waals surface area contributed by atoms with E-state index in [1.807, 2.05) is 27.7 Å². The van der Waals surface area contributed by atoms with Crippen molar-refractivity contribution < 1.29 is 94.1 Å². The third-order valence-electron chi connectivity index (χ3n) is 10.7. The standard InChI is InChI=1S/C32H49N3O20.2C2H6/c1-31(2)27-17(43)14(40)24(12(8-37)48-27)53-30-20(46)16(42)26(22(51-30)10(38)6-34)55-32(3,4)28-18(44)13(39)23(11(7-36)49-28)52-29-19(45)15(41)25(54-31)21(50-29)9(5-33)35-47;2*1-2/h9-30,36-46H,7-8H2,1-4H3;2*1-2H3. The SMILES string of the molecule is CC.CC.CC1(C)OC2C(O)C(O)C(OC3C(CO)OC(C(O)C3O)C(C)(C)OC3C(O)C(O)C(OC4C(CO)OC1C(O)C4O)OC3C(C#N)N=O)OC2C(O)C#N. The molecule has 11 rings (SSSR count). The summed E-state index contributed by atoms with van der Waals surface area (Å²) < 4.78 is 46.9. The normalized spacial score (nSPS) is 46.7. The molecule has 0 aromatic rings. The molecule has 22 atom stereocenters. The molecule has 0 spiro atoms. The van der Waals surface area contributed by atoms with Gasteiger partial charge in [-0.05, 0) is 32.9 Å². The third kappa shape index (κ3) is 10.2. The second-order valence-electron chi connectivity index (χ2n) is 15.2. The highest BCUT2D eigenvalue weighted by Crippen LogP contribution is 2.41. The number of nitroso groups, excluding NO2 is 1. The smallest absolute Gasteiger partial charge is 0.206 e. The molecule has 11 fully saturated rings. The van der Waals surface area contributed by atoms with Crippen LogP contribution in [-0.4, -0.2) is 215 Å². The maximum Gasteiger partial charge on any atom is 0.206 e. The molecule has 8 bridgehead atoms. The number of aliphatic hydroxyl groups excluding tert-OH is 11. The van der Waals surface area contributed by atoms with E-state index in [1.165, 1.54) is 33.8 Å². The van der Waals surface area contributed by atoms with Crippen molar-refractivity contribution in [1.29, 1.82) is 10.5 Å². The van der Waals surface area contributed by atoms with E-state index in [0.717, 1.165) is 0 Å². The molecule has 0 saturated carbocycles. The number of ether oxygens (including phenoxy) is 8. The first-order valence-corrected chi connectivity index (χ1v) is 19.5. The van der Waals surface area contributed by atoms with Gasteiger partial charge in [-0.25, -0.2) is 0 Å². The summed E-state index contributed by atoms with van der Waals surface area (Å²) in [5.41, 5.74) is -3.72. The average molecular weight is 856 g/mol. The zero-order chi connectivity index (χ0) is 44.9. The molecule has 11 N–H and O–H groups in total. The Hall–Kier alpha value is -2.18. The van der Waals surface area contributed by atoms with Crippen LogP contribution in [0.3, 0.4) is 0 Å². The molecule has 340 valence electrons. The maximum absolute atomic E-state index is 11.8. The van der Waals surface area contributed by atoms with Crippen molar-refractivity contribution in [2.75, 3.05) is 13.2 Å².